The smallest absolute Gasteiger partial charge is 0.335 e. The van der Waals surface area contributed by atoms with Crippen LogP contribution in [0.25, 0.3) is 0 Å². The van der Waals surface area contributed by atoms with Crippen molar-refractivity contribution >= 4 is 17.3 Å². The average molecular weight is 416 g/mol. The second-order valence-electron chi connectivity index (χ2n) is 9.43. The van der Waals surface area contributed by atoms with Crippen molar-refractivity contribution in [2.45, 2.75) is 78.2 Å². The van der Waals surface area contributed by atoms with Crippen molar-refractivity contribution in [1.29, 1.82) is 0 Å². The van der Waals surface area contributed by atoms with Crippen LogP contribution in [0.15, 0.2) is 18.2 Å². The Kier molecular flexibility index (Phi) is 7.96. The van der Waals surface area contributed by atoms with Crippen LogP contribution >= 0.6 is 0 Å². The average Bonchev–Trinajstić information content (AvgIpc) is 2.50. The predicted octanol–water partition coefficient (Wildman–Crippen LogP) is 4.47. The van der Waals surface area contributed by atoms with Gasteiger partial charge in [-0.05, 0) is 58.6 Å². The van der Waals surface area contributed by atoms with E-state index in [1.807, 2.05) is 20.8 Å². The van der Waals surface area contributed by atoms with Crippen LogP contribution in [0.5, 0.6) is 5.75 Å². The Morgan fingerprint density at radius 3 is 2.18 bits per heavy atom. The quantitative estimate of drug-likeness (QED) is 0.526. The minimum Gasteiger partial charge on any atom is -0.598 e. The third-order valence-corrected chi connectivity index (χ3v) is 5.59. The predicted molar refractivity (Wildman–Crippen MR) is 111 cm³/mol. The Labute approximate surface area is 171 Å². The van der Waals surface area contributed by atoms with Crippen molar-refractivity contribution in [2.75, 3.05) is 7.11 Å². The van der Waals surface area contributed by atoms with Gasteiger partial charge in [0.25, 0.3) is 0 Å². The summed E-state index contributed by atoms with van der Waals surface area (Å²) < 4.78 is 41.0. The third kappa shape index (κ3) is 6.36. The number of hydrogen-bond donors (Lipinski definition) is 1. The van der Waals surface area contributed by atoms with Crippen molar-refractivity contribution in [1.82, 2.24) is 4.72 Å². The number of benzene rings is 1. The van der Waals surface area contributed by atoms with Crippen LogP contribution in [-0.4, -0.2) is 28.5 Å². The van der Waals surface area contributed by atoms with E-state index in [-0.39, 0.29) is 12.0 Å². The lowest BCUT2D eigenvalue weighted by atomic mass is 9.76. The van der Waals surface area contributed by atoms with Gasteiger partial charge in [0.2, 0.25) is 0 Å². The summed E-state index contributed by atoms with van der Waals surface area (Å²) in [5.41, 5.74) is -1.92. The number of rotatable bonds is 7. The van der Waals surface area contributed by atoms with Crippen molar-refractivity contribution in [2.24, 2.45) is 5.41 Å². The Morgan fingerprint density at radius 2 is 1.79 bits per heavy atom. The van der Waals surface area contributed by atoms with E-state index in [0.717, 1.165) is 0 Å². The van der Waals surface area contributed by atoms with Gasteiger partial charge < -0.3 is 14.0 Å². The fraction of sp³-hybridized carbons (Fsp3) is 0.667. The molecule has 0 aliphatic rings. The molecular weight excluding hydrogens is 381 g/mol. The van der Waals surface area contributed by atoms with Crippen LogP contribution in [0.4, 0.5) is 4.39 Å². The number of carbonyl (C=O) groups is 1. The molecule has 1 N–H and O–H groups in total. The van der Waals surface area contributed by atoms with Crippen LogP contribution < -0.4 is 9.46 Å². The first-order valence-electron chi connectivity index (χ1n) is 9.37. The number of ether oxygens (including phenoxy) is 2. The molecule has 0 saturated carbocycles. The second kappa shape index (κ2) is 9.01. The monoisotopic (exact) mass is 415 g/mol. The first-order valence-corrected chi connectivity index (χ1v) is 10.5. The number of carbonyl (C=O) groups excluding carboxylic acids is 1. The molecule has 0 aliphatic carbocycles. The molecule has 0 radical (unpaired) electrons. The fourth-order valence-corrected chi connectivity index (χ4v) is 3.69. The number of esters is 1. The summed E-state index contributed by atoms with van der Waals surface area (Å²) >= 11 is -1.64. The van der Waals surface area contributed by atoms with E-state index in [0.29, 0.717) is 5.75 Å². The molecule has 0 spiro atoms. The SMILES string of the molecule is COc1ccc(C(CC(C)(C)C)(N[S@@+]([O-])C(C)(C)C)C(=O)OC(C)C)c(F)c1. The van der Waals surface area contributed by atoms with Gasteiger partial charge in [-0.3, -0.25) is 0 Å². The molecule has 0 amide bonds. The van der Waals surface area contributed by atoms with Crippen molar-refractivity contribution in [3.63, 3.8) is 0 Å². The van der Waals surface area contributed by atoms with Gasteiger partial charge >= 0.3 is 5.97 Å². The van der Waals surface area contributed by atoms with E-state index in [9.17, 15) is 9.35 Å². The van der Waals surface area contributed by atoms with Crippen LogP contribution in [0.3, 0.4) is 0 Å². The second-order valence-corrected chi connectivity index (χ2v) is 11.4. The van der Waals surface area contributed by atoms with E-state index >= 15 is 4.39 Å². The normalized spacial score (nSPS) is 15.9. The molecule has 0 aromatic heterocycles. The van der Waals surface area contributed by atoms with Gasteiger partial charge in [-0.1, -0.05) is 20.8 Å². The molecule has 0 bridgehead atoms. The zero-order chi connectivity index (χ0) is 21.9. The Hall–Kier alpha value is -1.31. The van der Waals surface area contributed by atoms with Gasteiger partial charge in [-0.2, -0.15) is 0 Å². The maximum atomic E-state index is 15.1. The molecule has 1 rings (SSSR count). The standard InChI is InChI=1S/C21H34FNO4S/c1-14(2)27-18(24)21(13-19(3,4)5,23-28(25)20(6,7)8)16-11-10-15(26-9)12-17(16)22/h10-12,14,23H,13H2,1-9H3/t21?,28-/m0/s1. The van der Waals surface area contributed by atoms with E-state index in [2.05, 4.69) is 4.72 Å². The molecule has 0 saturated heterocycles. The van der Waals surface area contributed by atoms with Gasteiger partial charge in [0, 0.05) is 23.0 Å². The highest BCUT2D eigenvalue weighted by molar-refractivity contribution is 7.90. The summed E-state index contributed by atoms with van der Waals surface area (Å²) in [7, 11) is 1.44. The van der Waals surface area contributed by atoms with Gasteiger partial charge in [0.1, 0.15) is 16.3 Å². The molecule has 0 heterocycles. The van der Waals surface area contributed by atoms with E-state index in [1.54, 1.807) is 40.7 Å². The van der Waals surface area contributed by atoms with Crippen molar-refractivity contribution < 1.29 is 23.2 Å². The summed E-state index contributed by atoms with van der Waals surface area (Å²) in [5.74, 6) is -0.943. The van der Waals surface area contributed by atoms with Gasteiger partial charge in [0.05, 0.1) is 13.2 Å². The summed E-state index contributed by atoms with van der Waals surface area (Å²) in [4.78, 5) is 13.3. The molecular formula is C21H34FNO4S. The van der Waals surface area contributed by atoms with Crippen LogP contribution in [0.1, 0.15) is 67.4 Å². The molecule has 2 atom stereocenters. The molecule has 5 nitrogen and oxygen atoms in total. The van der Waals surface area contributed by atoms with E-state index in [4.69, 9.17) is 9.47 Å². The van der Waals surface area contributed by atoms with Gasteiger partial charge in [-0.15, -0.1) is 4.72 Å². The molecule has 160 valence electrons. The highest BCUT2D eigenvalue weighted by Gasteiger charge is 2.51. The fourth-order valence-electron chi connectivity index (χ4n) is 2.80. The molecule has 1 unspecified atom stereocenters. The Balaban J connectivity index is 3.69. The molecule has 1 aromatic carbocycles. The molecule has 0 aliphatic heterocycles. The Bertz CT molecular complexity index is 682. The Morgan fingerprint density at radius 1 is 1.21 bits per heavy atom. The van der Waals surface area contributed by atoms with E-state index < -0.39 is 45.0 Å². The number of halogens is 1. The highest BCUT2D eigenvalue weighted by atomic mass is 32.2. The molecule has 28 heavy (non-hydrogen) atoms. The zero-order valence-electron chi connectivity index (χ0n) is 18.4. The first-order chi connectivity index (χ1) is 12.6. The maximum Gasteiger partial charge on any atom is 0.335 e. The van der Waals surface area contributed by atoms with Crippen LogP contribution in [-0.2, 0) is 26.4 Å². The summed E-state index contributed by atoms with van der Waals surface area (Å²) in [6.45, 7) is 14.6. The number of hydrogen-bond acceptors (Lipinski definition) is 5. The lowest BCUT2D eigenvalue weighted by molar-refractivity contribution is -0.157. The van der Waals surface area contributed by atoms with Crippen molar-refractivity contribution in [3.05, 3.63) is 29.6 Å². The summed E-state index contributed by atoms with van der Waals surface area (Å²) in [6.07, 6.45) is -0.214. The van der Waals surface area contributed by atoms with Crippen LogP contribution in [0, 0.1) is 11.2 Å². The number of methoxy groups -OCH3 is 1. The lowest BCUT2D eigenvalue weighted by Crippen LogP contribution is -2.58. The molecule has 7 heteroatoms. The minimum absolute atomic E-state index is 0.0893. The van der Waals surface area contributed by atoms with Gasteiger partial charge in [-0.25, -0.2) is 9.18 Å². The molecule has 1 aromatic rings. The van der Waals surface area contributed by atoms with Gasteiger partial charge in [0.15, 0.2) is 5.54 Å². The summed E-state index contributed by atoms with van der Waals surface area (Å²) in [5, 5.41) is 0. The first kappa shape index (κ1) is 24.7. The molecule has 0 fully saturated rings. The highest BCUT2D eigenvalue weighted by Crippen LogP contribution is 2.40. The minimum atomic E-state index is -1.64. The van der Waals surface area contributed by atoms with Crippen molar-refractivity contribution in [3.8, 4) is 5.75 Å². The van der Waals surface area contributed by atoms with Crippen LogP contribution in [0.2, 0.25) is 0 Å². The lowest BCUT2D eigenvalue weighted by Gasteiger charge is -2.39. The largest absolute Gasteiger partial charge is 0.598 e. The topological polar surface area (TPSA) is 70.6 Å². The number of nitrogens with one attached hydrogen (secondary N) is 1. The summed E-state index contributed by atoms with van der Waals surface area (Å²) in [6, 6.07) is 4.30. The zero-order valence-corrected chi connectivity index (χ0v) is 19.3. The third-order valence-electron chi connectivity index (χ3n) is 3.95. The van der Waals surface area contributed by atoms with E-state index in [1.165, 1.54) is 19.2 Å². The maximum absolute atomic E-state index is 15.1.